The van der Waals surface area contributed by atoms with Gasteiger partial charge in [-0.15, -0.1) is 10.2 Å². The number of nitrogens with zero attached hydrogens (tertiary/aromatic N) is 3. The van der Waals surface area contributed by atoms with E-state index in [1.807, 2.05) is 0 Å². The first-order valence-electron chi connectivity index (χ1n) is 5.26. The van der Waals surface area contributed by atoms with E-state index in [-0.39, 0.29) is 11.5 Å². The zero-order valence-electron chi connectivity index (χ0n) is 10.2. The summed E-state index contributed by atoms with van der Waals surface area (Å²) in [6, 6.07) is 2.76. The third-order valence-corrected chi connectivity index (χ3v) is 4.52. The van der Waals surface area contributed by atoms with Gasteiger partial charge >= 0.3 is 0 Å². The number of hydrogen-bond donors (Lipinski definition) is 1. The Morgan fingerprint density at radius 1 is 1.35 bits per heavy atom. The molecule has 7 nitrogen and oxygen atoms in total. The number of primary sulfonamides is 1. The molecule has 0 saturated carbocycles. The molecule has 2 rings (SSSR count). The molecule has 2 N–H and O–H groups in total. The molecule has 0 amide bonds. The summed E-state index contributed by atoms with van der Waals surface area (Å²) in [4.78, 5) is -0.0118. The molecule has 0 aliphatic heterocycles. The Morgan fingerprint density at radius 2 is 1.95 bits per heavy atom. The van der Waals surface area contributed by atoms with Gasteiger partial charge in [-0.1, -0.05) is 0 Å². The highest BCUT2D eigenvalue weighted by atomic mass is 79.9. The van der Waals surface area contributed by atoms with Crippen molar-refractivity contribution in [1.29, 1.82) is 0 Å². The zero-order valence-corrected chi connectivity index (χ0v) is 14.2. The van der Waals surface area contributed by atoms with Gasteiger partial charge in [-0.2, -0.15) is 0 Å². The highest BCUT2D eigenvalue weighted by Gasteiger charge is 2.16. The predicted octanol–water partition coefficient (Wildman–Crippen LogP) is 1.57. The quantitative estimate of drug-likeness (QED) is 0.801. The van der Waals surface area contributed by atoms with Crippen LogP contribution in [0.5, 0.6) is 5.75 Å². The van der Waals surface area contributed by atoms with E-state index in [2.05, 4.69) is 42.1 Å². The van der Waals surface area contributed by atoms with Crippen LogP contribution in [0.15, 0.2) is 32.3 Å². The Labute approximate surface area is 132 Å². The summed E-state index contributed by atoms with van der Waals surface area (Å²) >= 11 is 6.51. The van der Waals surface area contributed by atoms with E-state index >= 15 is 0 Å². The maximum absolute atomic E-state index is 11.3. The first-order chi connectivity index (χ1) is 9.29. The number of rotatable bonds is 4. The largest absolute Gasteiger partial charge is 0.483 e. The van der Waals surface area contributed by atoms with E-state index in [1.54, 1.807) is 17.9 Å². The van der Waals surface area contributed by atoms with Crippen molar-refractivity contribution in [3.8, 4) is 5.75 Å². The lowest BCUT2D eigenvalue weighted by Crippen LogP contribution is -2.12. The van der Waals surface area contributed by atoms with Gasteiger partial charge in [0.2, 0.25) is 10.0 Å². The summed E-state index contributed by atoms with van der Waals surface area (Å²) in [6.07, 6.45) is 1.56. The van der Waals surface area contributed by atoms with Crippen molar-refractivity contribution in [2.45, 2.75) is 11.5 Å². The molecule has 0 aliphatic rings. The van der Waals surface area contributed by atoms with Crippen LogP contribution < -0.4 is 9.88 Å². The van der Waals surface area contributed by atoms with Gasteiger partial charge in [0.1, 0.15) is 18.7 Å². The van der Waals surface area contributed by atoms with E-state index < -0.39 is 10.0 Å². The molecule has 2 aromatic rings. The molecule has 0 unspecified atom stereocenters. The molecule has 0 radical (unpaired) electrons. The Morgan fingerprint density at radius 3 is 2.40 bits per heavy atom. The molecule has 0 spiro atoms. The Kier molecular flexibility index (Phi) is 4.47. The fraction of sp³-hybridized carbons (Fsp3) is 0.200. The summed E-state index contributed by atoms with van der Waals surface area (Å²) in [7, 11) is -1.97. The lowest BCUT2D eigenvalue weighted by molar-refractivity contribution is 0.287. The molecule has 1 aromatic carbocycles. The molecular weight excluding hydrogens is 416 g/mol. The third kappa shape index (κ3) is 3.37. The van der Waals surface area contributed by atoms with Crippen molar-refractivity contribution >= 4 is 41.9 Å². The van der Waals surface area contributed by atoms with Crippen LogP contribution in [0.1, 0.15) is 5.82 Å². The molecule has 0 atom stereocenters. The van der Waals surface area contributed by atoms with Crippen molar-refractivity contribution in [2.24, 2.45) is 12.2 Å². The van der Waals surface area contributed by atoms with Crippen molar-refractivity contribution in [2.75, 3.05) is 0 Å². The molecule has 0 fully saturated rings. The fourth-order valence-electron chi connectivity index (χ4n) is 1.41. The zero-order chi connectivity index (χ0) is 14.9. The second-order valence-corrected chi connectivity index (χ2v) is 7.18. The van der Waals surface area contributed by atoms with Crippen molar-refractivity contribution in [3.63, 3.8) is 0 Å². The Balaban J connectivity index is 2.27. The third-order valence-electron chi connectivity index (χ3n) is 2.45. The number of ether oxygens (including phenoxy) is 1. The first kappa shape index (κ1) is 15.4. The lowest BCUT2D eigenvalue weighted by atomic mass is 10.3. The van der Waals surface area contributed by atoms with E-state index in [0.717, 1.165) is 0 Å². The summed E-state index contributed by atoms with van der Waals surface area (Å²) < 4.78 is 30.9. The minimum atomic E-state index is -3.77. The number of aryl methyl sites for hydroxylation is 1. The first-order valence-corrected chi connectivity index (χ1v) is 8.40. The standard InChI is InChI=1S/C10H10Br2N4O3S/c1-16-5-14-15-9(16)4-19-10-7(11)2-6(3-8(10)12)20(13,17)18/h2-3,5H,4H2,1H3,(H2,13,17,18). The van der Waals surface area contributed by atoms with Crippen LogP contribution in [0.2, 0.25) is 0 Å². The predicted molar refractivity (Wildman–Crippen MR) is 78.6 cm³/mol. The smallest absolute Gasteiger partial charge is 0.238 e. The van der Waals surface area contributed by atoms with Crippen molar-refractivity contribution in [3.05, 3.63) is 33.2 Å². The van der Waals surface area contributed by atoms with Gasteiger partial charge in [0.05, 0.1) is 13.8 Å². The number of benzene rings is 1. The number of halogens is 2. The topological polar surface area (TPSA) is 100 Å². The van der Waals surface area contributed by atoms with Crippen LogP contribution in [0.4, 0.5) is 0 Å². The molecule has 10 heteroatoms. The summed E-state index contributed by atoms with van der Waals surface area (Å²) in [5.41, 5.74) is 0. The number of sulfonamides is 1. The summed E-state index contributed by atoms with van der Waals surface area (Å²) in [6.45, 7) is 0.197. The lowest BCUT2D eigenvalue weighted by Gasteiger charge is -2.11. The molecule has 0 aliphatic carbocycles. The van der Waals surface area contributed by atoms with Crippen LogP contribution in [0.3, 0.4) is 0 Å². The number of aromatic nitrogens is 3. The molecule has 20 heavy (non-hydrogen) atoms. The van der Waals surface area contributed by atoms with E-state index in [1.165, 1.54) is 12.1 Å². The summed E-state index contributed by atoms with van der Waals surface area (Å²) in [5.74, 6) is 1.10. The molecule has 0 bridgehead atoms. The minimum Gasteiger partial charge on any atom is -0.483 e. The van der Waals surface area contributed by atoms with Crippen LogP contribution in [-0.2, 0) is 23.7 Å². The Bertz CT molecular complexity index is 722. The maximum Gasteiger partial charge on any atom is 0.238 e. The van der Waals surface area contributed by atoms with Crippen molar-refractivity contribution < 1.29 is 13.2 Å². The van der Waals surface area contributed by atoms with Gasteiger partial charge in [-0.05, 0) is 44.0 Å². The second-order valence-electron chi connectivity index (χ2n) is 3.91. The normalized spacial score (nSPS) is 11.6. The van der Waals surface area contributed by atoms with Gasteiger partial charge in [0, 0.05) is 7.05 Å². The molecular formula is C10H10Br2N4O3S. The monoisotopic (exact) mass is 424 g/mol. The van der Waals surface area contributed by atoms with Gasteiger partial charge in [-0.25, -0.2) is 13.6 Å². The maximum atomic E-state index is 11.3. The average Bonchev–Trinajstić information content (AvgIpc) is 2.72. The summed E-state index contributed by atoms with van der Waals surface area (Å²) in [5, 5.41) is 12.7. The van der Waals surface area contributed by atoms with Gasteiger partial charge in [-0.3, -0.25) is 0 Å². The van der Waals surface area contributed by atoms with Crippen LogP contribution >= 0.6 is 31.9 Å². The molecule has 1 aromatic heterocycles. The highest BCUT2D eigenvalue weighted by Crippen LogP contribution is 2.36. The number of hydrogen-bond acceptors (Lipinski definition) is 5. The fourth-order valence-corrected chi connectivity index (χ4v) is 3.70. The average molecular weight is 426 g/mol. The second kappa shape index (κ2) is 5.80. The van der Waals surface area contributed by atoms with E-state index in [9.17, 15) is 8.42 Å². The molecule has 108 valence electrons. The van der Waals surface area contributed by atoms with E-state index in [0.29, 0.717) is 20.5 Å². The van der Waals surface area contributed by atoms with Gasteiger partial charge < -0.3 is 9.30 Å². The number of nitrogens with two attached hydrogens (primary N) is 1. The van der Waals surface area contributed by atoms with Crippen LogP contribution in [0, 0.1) is 0 Å². The van der Waals surface area contributed by atoms with E-state index in [4.69, 9.17) is 9.88 Å². The Hall–Kier alpha value is -0.970. The van der Waals surface area contributed by atoms with Crippen molar-refractivity contribution in [1.82, 2.24) is 14.8 Å². The van der Waals surface area contributed by atoms with Gasteiger partial charge in [0.15, 0.2) is 5.82 Å². The molecule has 1 heterocycles. The van der Waals surface area contributed by atoms with Crippen LogP contribution in [-0.4, -0.2) is 23.2 Å². The highest BCUT2D eigenvalue weighted by molar-refractivity contribution is 9.11. The molecule has 0 saturated heterocycles. The SMILES string of the molecule is Cn1cnnc1COc1c(Br)cc(S(N)(=O)=O)cc1Br. The minimum absolute atomic E-state index is 0.0118. The van der Waals surface area contributed by atoms with Crippen LogP contribution in [0.25, 0.3) is 0 Å². The van der Waals surface area contributed by atoms with Gasteiger partial charge in [0.25, 0.3) is 0 Å².